The van der Waals surface area contributed by atoms with Crippen molar-refractivity contribution in [1.82, 2.24) is 0 Å². The van der Waals surface area contributed by atoms with Crippen LogP contribution >= 0.6 is 0 Å². The third kappa shape index (κ3) is 6.14. The largest absolute Gasteiger partial charge is 0.389 e. The summed E-state index contributed by atoms with van der Waals surface area (Å²) in [6.07, 6.45) is 9.64. The van der Waals surface area contributed by atoms with Crippen molar-refractivity contribution in [3.8, 4) is 0 Å². The van der Waals surface area contributed by atoms with Gasteiger partial charge in [0.2, 0.25) is 5.82 Å². The lowest BCUT2D eigenvalue weighted by molar-refractivity contribution is -0.122. The standard InChI is InChI=1S/C28H43F5O/c1-6-7-8-9-10-11-15-21(28(34,17(2)3)18(4)5)19-13-12-14-20(16-19)22-23(29)25(31)27(33)26(32)24(22)30/h17-21,34H,6-16H2,1-5H3. The summed E-state index contributed by atoms with van der Waals surface area (Å²) in [5.41, 5.74) is -1.65. The molecule has 0 aliphatic heterocycles. The number of hydrogen-bond donors (Lipinski definition) is 1. The molecule has 1 aliphatic rings. The number of rotatable bonds is 12. The van der Waals surface area contributed by atoms with Gasteiger partial charge in [-0.15, -0.1) is 0 Å². The molecule has 2 rings (SSSR count). The van der Waals surface area contributed by atoms with Gasteiger partial charge < -0.3 is 5.11 Å². The van der Waals surface area contributed by atoms with E-state index in [9.17, 15) is 27.1 Å². The predicted octanol–water partition coefficient (Wildman–Crippen LogP) is 9.07. The van der Waals surface area contributed by atoms with Crippen molar-refractivity contribution in [2.24, 2.45) is 23.7 Å². The summed E-state index contributed by atoms with van der Waals surface area (Å²) in [5.74, 6) is -10.2. The second-order valence-electron chi connectivity index (χ2n) is 11.0. The molecule has 196 valence electrons. The molecule has 0 aromatic heterocycles. The number of unbranched alkanes of at least 4 members (excludes halogenated alkanes) is 5. The van der Waals surface area contributed by atoms with Gasteiger partial charge in [0.15, 0.2) is 23.3 Å². The summed E-state index contributed by atoms with van der Waals surface area (Å²) in [5, 5.41) is 11.9. The Morgan fingerprint density at radius 2 is 1.26 bits per heavy atom. The Balaban J connectivity index is 2.33. The first-order valence-electron chi connectivity index (χ1n) is 13.2. The quantitative estimate of drug-likeness (QED) is 0.134. The minimum Gasteiger partial charge on any atom is -0.389 e. The lowest BCUT2D eigenvalue weighted by Crippen LogP contribution is -2.51. The molecule has 0 radical (unpaired) electrons. The first-order valence-corrected chi connectivity index (χ1v) is 13.2. The van der Waals surface area contributed by atoms with Crippen LogP contribution in [0, 0.1) is 52.8 Å². The minimum absolute atomic E-state index is 0.0212. The molecule has 1 aliphatic carbocycles. The third-order valence-electron chi connectivity index (χ3n) is 8.25. The Kier molecular flexibility index (Phi) is 10.8. The fraction of sp³-hybridized carbons (Fsp3) is 0.786. The molecule has 6 heteroatoms. The van der Waals surface area contributed by atoms with Crippen LogP contribution in [-0.2, 0) is 0 Å². The van der Waals surface area contributed by atoms with Crippen LogP contribution in [0.2, 0.25) is 0 Å². The van der Waals surface area contributed by atoms with E-state index in [1.165, 1.54) is 19.3 Å². The summed E-state index contributed by atoms with van der Waals surface area (Å²) in [6.45, 7) is 10.2. The van der Waals surface area contributed by atoms with Crippen molar-refractivity contribution >= 4 is 0 Å². The normalized spacial score (nSPS) is 20.4. The number of hydrogen-bond acceptors (Lipinski definition) is 1. The molecule has 1 nitrogen and oxygen atoms in total. The van der Waals surface area contributed by atoms with E-state index in [1.807, 2.05) is 27.7 Å². The van der Waals surface area contributed by atoms with E-state index in [-0.39, 0.29) is 23.7 Å². The Labute approximate surface area is 202 Å². The van der Waals surface area contributed by atoms with Crippen molar-refractivity contribution in [3.05, 3.63) is 34.6 Å². The van der Waals surface area contributed by atoms with Crippen LogP contribution in [0.25, 0.3) is 0 Å². The Morgan fingerprint density at radius 1 is 0.765 bits per heavy atom. The summed E-state index contributed by atoms with van der Waals surface area (Å²) < 4.78 is 70.6. The van der Waals surface area contributed by atoms with Gasteiger partial charge in [0, 0.05) is 5.56 Å². The van der Waals surface area contributed by atoms with E-state index in [0.717, 1.165) is 32.1 Å². The molecule has 0 spiro atoms. The molecule has 3 unspecified atom stereocenters. The average molecular weight is 491 g/mol. The molecule has 0 heterocycles. The van der Waals surface area contributed by atoms with Crippen molar-refractivity contribution < 1.29 is 27.1 Å². The van der Waals surface area contributed by atoms with Crippen LogP contribution in [0.3, 0.4) is 0 Å². The van der Waals surface area contributed by atoms with Crippen LogP contribution < -0.4 is 0 Å². The highest BCUT2D eigenvalue weighted by Gasteiger charge is 2.47. The van der Waals surface area contributed by atoms with Gasteiger partial charge in [0.25, 0.3) is 0 Å². The lowest BCUT2D eigenvalue weighted by Gasteiger charge is -2.48. The van der Waals surface area contributed by atoms with Gasteiger partial charge in [0.05, 0.1) is 5.60 Å². The maximum Gasteiger partial charge on any atom is 0.200 e. The minimum atomic E-state index is -2.11. The summed E-state index contributed by atoms with van der Waals surface area (Å²) in [7, 11) is 0. The van der Waals surface area contributed by atoms with Crippen LogP contribution in [-0.4, -0.2) is 10.7 Å². The van der Waals surface area contributed by atoms with Gasteiger partial charge in [-0.2, -0.15) is 0 Å². The second-order valence-corrected chi connectivity index (χ2v) is 11.0. The third-order valence-corrected chi connectivity index (χ3v) is 8.25. The molecular formula is C28H43F5O. The number of halogens is 5. The topological polar surface area (TPSA) is 20.2 Å². The zero-order valence-electron chi connectivity index (χ0n) is 21.5. The highest BCUT2D eigenvalue weighted by molar-refractivity contribution is 5.28. The summed E-state index contributed by atoms with van der Waals surface area (Å²) >= 11 is 0. The lowest BCUT2D eigenvalue weighted by atomic mass is 9.60. The van der Waals surface area contributed by atoms with Gasteiger partial charge in [-0.3, -0.25) is 0 Å². The van der Waals surface area contributed by atoms with Crippen molar-refractivity contribution in [1.29, 1.82) is 0 Å². The molecule has 1 saturated carbocycles. The molecule has 1 aromatic rings. The van der Waals surface area contributed by atoms with Crippen LogP contribution in [0.4, 0.5) is 22.0 Å². The number of aliphatic hydroxyl groups is 1. The maximum absolute atomic E-state index is 14.6. The molecule has 1 fully saturated rings. The van der Waals surface area contributed by atoms with Crippen molar-refractivity contribution in [2.75, 3.05) is 0 Å². The molecular weight excluding hydrogens is 447 g/mol. The molecule has 0 bridgehead atoms. The summed E-state index contributed by atoms with van der Waals surface area (Å²) in [4.78, 5) is 0. The van der Waals surface area contributed by atoms with Gasteiger partial charge in [-0.05, 0) is 48.9 Å². The molecule has 1 aromatic carbocycles. The van der Waals surface area contributed by atoms with E-state index in [2.05, 4.69) is 6.92 Å². The average Bonchev–Trinajstić information content (AvgIpc) is 2.80. The second kappa shape index (κ2) is 12.7. The van der Waals surface area contributed by atoms with Crippen LogP contribution in [0.5, 0.6) is 0 Å². The van der Waals surface area contributed by atoms with E-state index < -0.39 is 46.2 Å². The van der Waals surface area contributed by atoms with E-state index >= 15 is 0 Å². The maximum atomic E-state index is 14.6. The van der Waals surface area contributed by atoms with Gasteiger partial charge in [-0.1, -0.05) is 86.0 Å². The Hall–Kier alpha value is -1.17. The van der Waals surface area contributed by atoms with E-state index in [4.69, 9.17) is 0 Å². The Bertz CT molecular complexity index is 754. The fourth-order valence-electron chi connectivity index (χ4n) is 6.35. The molecule has 3 atom stereocenters. The van der Waals surface area contributed by atoms with Crippen LogP contribution in [0.1, 0.15) is 117 Å². The zero-order valence-corrected chi connectivity index (χ0v) is 21.5. The molecule has 1 N–H and O–H groups in total. The monoisotopic (exact) mass is 490 g/mol. The first kappa shape index (κ1) is 29.1. The van der Waals surface area contributed by atoms with Gasteiger partial charge in [-0.25, -0.2) is 22.0 Å². The molecule has 0 saturated heterocycles. The molecule has 34 heavy (non-hydrogen) atoms. The van der Waals surface area contributed by atoms with E-state index in [1.54, 1.807) is 0 Å². The van der Waals surface area contributed by atoms with Crippen molar-refractivity contribution in [3.63, 3.8) is 0 Å². The van der Waals surface area contributed by atoms with Gasteiger partial charge >= 0.3 is 0 Å². The fourth-order valence-corrected chi connectivity index (χ4v) is 6.35. The summed E-state index contributed by atoms with van der Waals surface area (Å²) in [6, 6.07) is 0. The number of benzene rings is 1. The highest BCUT2D eigenvalue weighted by atomic mass is 19.2. The SMILES string of the molecule is CCCCCCCCC(C1CCCC(c2c(F)c(F)c(F)c(F)c2F)C1)C(O)(C(C)C)C(C)C. The van der Waals surface area contributed by atoms with Crippen molar-refractivity contribution in [2.45, 2.75) is 117 Å². The smallest absolute Gasteiger partial charge is 0.200 e. The van der Waals surface area contributed by atoms with Crippen LogP contribution in [0.15, 0.2) is 0 Å². The van der Waals surface area contributed by atoms with E-state index in [0.29, 0.717) is 19.3 Å². The Morgan fingerprint density at radius 3 is 1.79 bits per heavy atom. The van der Waals surface area contributed by atoms with Gasteiger partial charge in [0.1, 0.15) is 0 Å². The molecule has 0 amide bonds. The highest BCUT2D eigenvalue weighted by Crippen LogP contribution is 2.49. The first-order chi connectivity index (χ1) is 16.0. The predicted molar refractivity (Wildman–Crippen MR) is 127 cm³/mol. The zero-order chi connectivity index (χ0) is 25.6.